The summed E-state index contributed by atoms with van der Waals surface area (Å²) in [6, 6.07) is 4.98. The number of carboxylic acids is 1. The van der Waals surface area contributed by atoms with E-state index in [9.17, 15) is 18.4 Å². The van der Waals surface area contributed by atoms with E-state index in [-0.39, 0.29) is 29.9 Å². The van der Waals surface area contributed by atoms with Crippen LogP contribution in [0.3, 0.4) is 0 Å². The van der Waals surface area contributed by atoms with Gasteiger partial charge in [0.2, 0.25) is 5.91 Å². The molecule has 7 heteroatoms. The van der Waals surface area contributed by atoms with E-state index in [4.69, 9.17) is 9.52 Å². The lowest BCUT2D eigenvalue weighted by Gasteiger charge is -2.16. The van der Waals surface area contributed by atoms with Gasteiger partial charge < -0.3 is 14.4 Å². The molecule has 0 atom stereocenters. The fourth-order valence-electron chi connectivity index (χ4n) is 2.14. The Balaban J connectivity index is 2.07. The zero-order valence-corrected chi connectivity index (χ0v) is 12.6. The zero-order chi connectivity index (χ0) is 17.1. The molecular weight excluding hydrogens is 308 g/mol. The van der Waals surface area contributed by atoms with Crippen molar-refractivity contribution in [2.75, 3.05) is 7.05 Å². The molecule has 2 rings (SSSR count). The molecule has 23 heavy (non-hydrogen) atoms. The third-order valence-electron chi connectivity index (χ3n) is 3.39. The highest BCUT2D eigenvalue weighted by atomic mass is 19.2. The number of benzene rings is 1. The maximum Gasteiger partial charge on any atom is 0.339 e. The summed E-state index contributed by atoms with van der Waals surface area (Å²) >= 11 is 0. The van der Waals surface area contributed by atoms with E-state index in [1.165, 1.54) is 37.1 Å². The van der Waals surface area contributed by atoms with Crippen molar-refractivity contribution in [1.82, 2.24) is 4.90 Å². The normalized spacial score (nSPS) is 10.6. The lowest BCUT2D eigenvalue weighted by atomic mass is 10.1. The number of aryl methyl sites for hydroxylation is 1. The standard InChI is InChI=1S/C16H15F2NO4/c1-9-12(16(21)22)7-11(23-9)8-19(2)14(20)6-10-4-3-5-13(17)15(10)18/h3-5,7H,6,8H2,1-2H3,(H,21,22). The monoisotopic (exact) mass is 323 g/mol. The van der Waals surface area contributed by atoms with E-state index < -0.39 is 23.5 Å². The Morgan fingerprint density at radius 1 is 1.30 bits per heavy atom. The molecule has 5 nitrogen and oxygen atoms in total. The van der Waals surface area contributed by atoms with Crippen LogP contribution < -0.4 is 0 Å². The van der Waals surface area contributed by atoms with Crippen LogP contribution in [0.2, 0.25) is 0 Å². The molecule has 0 radical (unpaired) electrons. The van der Waals surface area contributed by atoms with E-state index in [2.05, 4.69) is 0 Å². The van der Waals surface area contributed by atoms with Crippen molar-refractivity contribution in [3.8, 4) is 0 Å². The first-order valence-corrected chi connectivity index (χ1v) is 6.79. The van der Waals surface area contributed by atoms with E-state index >= 15 is 0 Å². The van der Waals surface area contributed by atoms with Gasteiger partial charge in [0.1, 0.15) is 17.1 Å². The van der Waals surface area contributed by atoms with Gasteiger partial charge in [-0.1, -0.05) is 12.1 Å². The highest BCUT2D eigenvalue weighted by molar-refractivity contribution is 5.88. The van der Waals surface area contributed by atoms with Crippen molar-refractivity contribution < 1.29 is 27.9 Å². The minimum absolute atomic E-state index is 0.0250. The Kier molecular flexibility index (Phi) is 4.78. The Hall–Kier alpha value is -2.70. The number of carboxylic acid groups (broad SMARTS) is 1. The molecule has 1 aromatic heterocycles. The average Bonchev–Trinajstić information content (AvgIpc) is 2.84. The second-order valence-corrected chi connectivity index (χ2v) is 5.13. The molecule has 1 aromatic carbocycles. The van der Waals surface area contributed by atoms with E-state index in [1.807, 2.05) is 0 Å². The first kappa shape index (κ1) is 16.7. The molecule has 0 fully saturated rings. The van der Waals surface area contributed by atoms with Crippen LogP contribution in [0.15, 0.2) is 28.7 Å². The fourth-order valence-corrected chi connectivity index (χ4v) is 2.14. The Morgan fingerprint density at radius 2 is 2.00 bits per heavy atom. The summed E-state index contributed by atoms with van der Waals surface area (Å²) in [6.07, 6.45) is -0.300. The number of nitrogens with zero attached hydrogens (tertiary/aromatic N) is 1. The first-order chi connectivity index (χ1) is 10.8. The molecule has 0 aliphatic carbocycles. The van der Waals surface area contributed by atoms with Crippen LogP contribution in [0.1, 0.15) is 27.4 Å². The summed E-state index contributed by atoms with van der Waals surface area (Å²) in [5, 5.41) is 8.96. The van der Waals surface area contributed by atoms with Gasteiger partial charge in [-0.2, -0.15) is 0 Å². The van der Waals surface area contributed by atoms with Crippen molar-refractivity contribution in [2.45, 2.75) is 19.9 Å². The predicted octanol–water partition coefficient (Wildman–Crippen LogP) is 2.77. The van der Waals surface area contributed by atoms with Crippen LogP contribution >= 0.6 is 0 Å². The highest BCUT2D eigenvalue weighted by Gasteiger charge is 2.18. The SMILES string of the molecule is Cc1oc(CN(C)C(=O)Cc2cccc(F)c2F)cc1C(=O)O. The number of hydrogen-bond acceptors (Lipinski definition) is 3. The van der Waals surface area contributed by atoms with E-state index in [0.717, 1.165) is 6.07 Å². The van der Waals surface area contributed by atoms with Crippen molar-refractivity contribution in [2.24, 2.45) is 0 Å². The summed E-state index contributed by atoms with van der Waals surface area (Å²) in [7, 11) is 1.47. The number of halogens is 2. The molecule has 0 bridgehead atoms. The third kappa shape index (κ3) is 3.74. The summed E-state index contributed by atoms with van der Waals surface area (Å²) < 4.78 is 32.0. The Bertz CT molecular complexity index is 755. The second kappa shape index (κ2) is 6.60. The van der Waals surface area contributed by atoms with Gasteiger partial charge in [-0.3, -0.25) is 4.79 Å². The molecule has 1 heterocycles. The summed E-state index contributed by atoms with van der Waals surface area (Å²) in [5.74, 6) is -3.07. The van der Waals surface area contributed by atoms with Crippen LogP contribution in [-0.4, -0.2) is 28.9 Å². The van der Waals surface area contributed by atoms with Gasteiger partial charge in [-0.05, 0) is 19.1 Å². The van der Waals surface area contributed by atoms with Gasteiger partial charge in [0.15, 0.2) is 11.6 Å². The number of aromatic carboxylic acids is 1. The second-order valence-electron chi connectivity index (χ2n) is 5.13. The maximum atomic E-state index is 13.6. The van der Waals surface area contributed by atoms with Gasteiger partial charge in [-0.15, -0.1) is 0 Å². The van der Waals surface area contributed by atoms with Gasteiger partial charge in [0.05, 0.1) is 13.0 Å². The molecule has 0 unspecified atom stereocenters. The fraction of sp³-hybridized carbons (Fsp3) is 0.250. The van der Waals surface area contributed by atoms with Crippen LogP contribution in [0.25, 0.3) is 0 Å². The predicted molar refractivity (Wildman–Crippen MR) is 76.9 cm³/mol. The zero-order valence-electron chi connectivity index (χ0n) is 12.6. The van der Waals surface area contributed by atoms with Crippen LogP contribution in [0, 0.1) is 18.6 Å². The molecule has 122 valence electrons. The number of amides is 1. The van der Waals surface area contributed by atoms with Crippen LogP contribution in [-0.2, 0) is 17.8 Å². The molecule has 0 spiro atoms. The number of furan rings is 1. The largest absolute Gasteiger partial charge is 0.478 e. The lowest BCUT2D eigenvalue weighted by molar-refractivity contribution is -0.130. The highest BCUT2D eigenvalue weighted by Crippen LogP contribution is 2.17. The molecule has 0 aliphatic heterocycles. The van der Waals surface area contributed by atoms with Crippen molar-refractivity contribution in [1.29, 1.82) is 0 Å². The van der Waals surface area contributed by atoms with Gasteiger partial charge in [0.25, 0.3) is 0 Å². The molecule has 2 aromatic rings. The number of carbonyl (C=O) groups excluding carboxylic acids is 1. The number of carbonyl (C=O) groups is 2. The first-order valence-electron chi connectivity index (χ1n) is 6.79. The van der Waals surface area contributed by atoms with Crippen LogP contribution in [0.4, 0.5) is 8.78 Å². The maximum absolute atomic E-state index is 13.6. The summed E-state index contributed by atoms with van der Waals surface area (Å²) in [6.45, 7) is 1.54. The van der Waals surface area contributed by atoms with Gasteiger partial charge >= 0.3 is 5.97 Å². The lowest BCUT2D eigenvalue weighted by Crippen LogP contribution is -2.28. The van der Waals surface area contributed by atoms with Crippen molar-refractivity contribution >= 4 is 11.9 Å². The molecule has 1 amide bonds. The topological polar surface area (TPSA) is 70.8 Å². The quantitative estimate of drug-likeness (QED) is 0.918. The third-order valence-corrected chi connectivity index (χ3v) is 3.39. The van der Waals surface area contributed by atoms with Crippen molar-refractivity contribution in [3.63, 3.8) is 0 Å². The van der Waals surface area contributed by atoms with E-state index in [0.29, 0.717) is 5.76 Å². The number of rotatable bonds is 5. The number of likely N-dealkylation sites (N-methyl/N-ethyl adjacent to an activating group) is 1. The summed E-state index contributed by atoms with van der Waals surface area (Å²) in [4.78, 5) is 24.3. The molecule has 0 saturated heterocycles. The van der Waals surface area contributed by atoms with Crippen molar-refractivity contribution in [3.05, 3.63) is 58.5 Å². The number of hydrogen-bond donors (Lipinski definition) is 1. The van der Waals surface area contributed by atoms with Gasteiger partial charge in [0, 0.05) is 12.6 Å². The van der Waals surface area contributed by atoms with Gasteiger partial charge in [-0.25, -0.2) is 13.6 Å². The smallest absolute Gasteiger partial charge is 0.339 e. The minimum Gasteiger partial charge on any atom is -0.478 e. The minimum atomic E-state index is -1.12. The Labute approximate surface area is 131 Å². The molecule has 0 aliphatic rings. The average molecular weight is 323 g/mol. The van der Waals surface area contributed by atoms with E-state index in [1.54, 1.807) is 0 Å². The molecule has 1 N–H and O–H groups in total. The molecule has 0 saturated carbocycles. The molecular formula is C16H15F2NO4. The summed E-state index contributed by atoms with van der Waals surface area (Å²) in [5.41, 5.74) is -0.0132. The van der Waals surface area contributed by atoms with Crippen LogP contribution in [0.5, 0.6) is 0 Å². The Morgan fingerprint density at radius 3 is 2.61 bits per heavy atom.